The smallest absolute Gasteiger partial charge is 0.218 e. The van der Waals surface area contributed by atoms with Gasteiger partial charge in [-0.2, -0.15) is 5.10 Å². The number of aromatic nitrogens is 3. The molecule has 0 aliphatic carbocycles. The summed E-state index contributed by atoms with van der Waals surface area (Å²) >= 11 is 0. The number of hydrogen-bond donors (Lipinski definition) is 2. The summed E-state index contributed by atoms with van der Waals surface area (Å²) in [5.74, 6) is 2.17. The summed E-state index contributed by atoms with van der Waals surface area (Å²) in [6.07, 6.45) is 1.45. The Morgan fingerprint density at radius 2 is 2.18 bits per heavy atom. The van der Waals surface area contributed by atoms with Crippen LogP contribution in [-0.4, -0.2) is 29.4 Å². The van der Waals surface area contributed by atoms with Gasteiger partial charge in [0.25, 0.3) is 0 Å². The highest BCUT2D eigenvalue weighted by Crippen LogP contribution is 2.24. The number of ether oxygens (including phenoxy) is 2. The summed E-state index contributed by atoms with van der Waals surface area (Å²) in [6, 6.07) is 5.68. The molecule has 1 heterocycles. The van der Waals surface area contributed by atoms with Crippen molar-refractivity contribution in [3.63, 3.8) is 0 Å². The predicted molar refractivity (Wildman–Crippen MR) is 63.3 cm³/mol. The van der Waals surface area contributed by atoms with Gasteiger partial charge in [0.1, 0.15) is 17.8 Å². The van der Waals surface area contributed by atoms with Crippen molar-refractivity contribution in [3.05, 3.63) is 30.1 Å². The summed E-state index contributed by atoms with van der Waals surface area (Å²) in [5.41, 5.74) is 1.02. The lowest BCUT2D eigenvalue weighted by Gasteiger charge is -2.10. The van der Waals surface area contributed by atoms with Crippen molar-refractivity contribution >= 4 is 5.95 Å². The zero-order chi connectivity index (χ0) is 12.1. The van der Waals surface area contributed by atoms with Crippen molar-refractivity contribution in [2.45, 2.75) is 6.54 Å². The van der Waals surface area contributed by atoms with Crippen LogP contribution in [-0.2, 0) is 6.54 Å². The van der Waals surface area contributed by atoms with Crippen LogP contribution in [0.5, 0.6) is 11.5 Å². The summed E-state index contributed by atoms with van der Waals surface area (Å²) in [4.78, 5) is 3.98. The van der Waals surface area contributed by atoms with Gasteiger partial charge in [0.2, 0.25) is 5.95 Å². The van der Waals surface area contributed by atoms with Crippen LogP contribution in [0.3, 0.4) is 0 Å². The maximum atomic E-state index is 5.29. The van der Waals surface area contributed by atoms with E-state index in [9.17, 15) is 0 Å². The number of nitrogens with zero attached hydrogens (tertiary/aromatic N) is 2. The monoisotopic (exact) mass is 234 g/mol. The third-order valence-electron chi connectivity index (χ3n) is 2.36. The van der Waals surface area contributed by atoms with Crippen molar-refractivity contribution in [1.29, 1.82) is 0 Å². The Kier molecular flexibility index (Phi) is 3.44. The highest BCUT2D eigenvalue weighted by Gasteiger charge is 2.05. The van der Waals surface area contributed by atoms with Crippen molar-refractivity contribution in [1.82, 2.24) is 15.2 Å². The van der Waals surface area contributed by atoms with E-state index >= 15 is 0 Å². The van der Waals surface area contributed by atoms with Gasteiger partial charge in [-0.25, -0.2) is 10.1 Å². The Labute approximate surface area is 99.0 Å². The molecule has 0 amide bonds. The first-order valence-corrected chi connectivity index (χ1v) is 5.13. The molecule has 6 heteroatoms. The predicted octanol–water partition coefficient (Wildman–Crippen LogP) is 1.43. The van der Waals surface area contributed by atoms with Gasteiger partial charge in [0.05, 0.1) is 14.2 Å². The number of hydrogen-bond acceptors (Lipinski definition) is 5. The van der Waals surface area contributed by atoms with E-state index in [0.29, 0.717) is 12.5 Å². The van der Waals surface area contributed by atoms with Crippen LogP contribution >= 0.6 is 0 Å². The lowest BCUT2D eigenvalue weighted by atomic mass is 10.2. The fourth-order valence-corrected chi connectivity index (χ4v) is 1.47. The number of benzene rings is 1. The Morgan fingerprint density at radius 1 is 1.29 bits per heavy atom. The normalized spacial score (nSPS) is 10.0. The molecule has 1 aromatic heterocycles. The molecule has 2 rings (SSSR count). The lowest BCUT2D eigenvalue weighted by Crippen LogP contribution is -2.03. The zero-order valence-electron chi connectivity index (χ0n) is 9.73. The Hall–Kier alpha value is -2.24. The molecular formula is C11H14N4O2. The van der Waals surface area contributed by atoms with E-state index in [-0.39, 0.29) is 0 Å². The summed E-state index contributed by atoms with van der Waals surface area (Å²) < 4.78 is 10.4. The van der Waals surface area contributed by atoms with Gasteiger partial charge in [-0.15, -0.1) is 0 Å². The van der Waals surface area contributed by atoms with E-state index in [1.165, 1.54) is 6.33 Å². The highest BCUT2D eigenvalue weighted by molar-refractivity contribution is 5.42. The molecule has 0 saturated carbocycles. The molecule has 0 unspecified atom stereocenters. The molecule has 17 heavy (non-hydrogen) atoms. The average molecular weight is 234 g/mol. The third kappa shape index (κ3) is 2.66. The Balaban J connectivity index is 2.09. The molecule has 0 aliphatic heterocycles. The first-order chi connectivity index (χ1) is 8.33. The highest BCUT2D eigenvalue weighted by atomic mass is 16.5. The average Bonchev–Trinajstić information content (AvgIpc) is 2.89. The molecule has 0 aliphatic rings. The number of rotatable bonds is 5. The van der Waals surface area contributed by atoms with Crippen LogP contribution in [0.15, 0.2) is 24.5 Å². The third-order valence-corrected chi connectivity index (χ3v) is 2.36. The van der Waals surface area contributed by atoms with Gasteiger partial charge in [-0.1, -0.05) is 0 Å². The minimum absolute atomic E-state index is 0.600. The van der Waals surface area contributed by atoms with Gasteiger partial charge >= 0.3 is 0 Å². The van der Waals surface area contributed by atoms with Gasteiger partial charge in [0.15, 0.2) is 0 Å². The topological polar surface area (TPSA) is 72.1 Å². The second-order valence-electron chi connectivity index (χ2n) is 3.37. The van der Waals surface area contributed by atoms with Crippen LogP contribution in [0.2, 0.25) is 0 Å². The van der Waals surface area contributed by atoms with Gasteiger partial charge in [-0.3, -0.25) is 0 Å². The van der Waals surface area contributed by atoms with E-state index in [4.69, 9.17) is 9.47 Å². The van der Waals surface area contributed by atoms with Gasteiger partial charge in [-0.05, 0) is 12.1 Å². The largest absolute Gasteiger partial charge is 0.497 e. The summed E-state index contributed by atoms with van der Waals surface area (Å²) in [7, 11) is 3.26. The van der Waals surface area contributed by atoms with Crippen LogP contribution in [0.1, 0.15) is 5.56 Å². The molecule has 6 nitrogen and oxygen atoms in total. The molecule has 2 N–H and O–H groups in total. The summed E-state index contributed by atoms with van der Waals surface area (Å²) in [6.45, 7) is 0.600. The number of anilines is 1. The minimum atomic E-state index is 0.600. The van der Waals surface area contributed by atoms with E-state index in [1.54, 1.807) is 14.2 Å². The van der Waals surface area contributed by atoms with E-state index < -0.39 is 0 Å². The fourth-order valence-electron chi connectivity index (χ4n) is 1.47. The molecule has 0 spiro atoms. The standard InChI is InChI=1S/C11H14N4O2/c1-16-9-4-3-8(10(5-9)17-2)6-12-11-13-7-14-15-11/h3-5,7H,6H2,1-2H3,(H2,12,13,14,15). The fraction of sp³-hybridized carbons (Fsp3) is 0.273. The van der Waals surface area contributed by atoms with Crippen LogP contribution < -0.4 is 14.8 Å². The van der Waals surface area contributed by atoms with Crippen molar-refractivity contribution < 1.29 is 9.47 Å². The van der Waals surface area contributed by atoms with E-state index in [0.717, 1.165) is 17.1 Å². The second-order valence-corrected chi connectivity index (χ2v) is 3.37. The van der Waals surface area contributed by atoms with Crippen LogP contribution in [0.25, 0.3) is 0 Å². The lowest BCUT2D eigenvalue weighted by molar-refractivity contribution is 0.391. The molecule has 1 aromatic carbocycles. The molecule has 0 saturated heterocycles. The van der Waals surface area contributed by atoms with Crippen molar-refractivity contribution in [2.24, 2.45) is 0 Å². The summed E-state index contributed by atoms with van der Waals surface area (Å²) in [5, 5.41) is 9.59. The molecule has 0 atom stereocenters. The van der Waals surface area contributed by atoms with Gasteiger partial charge < -0.3 is 14.8 Å². The maximum absolute atomic E-state index is 5.29. The number of methoxy groups -OCH3 is 2. The van der Waals surface area contributed by atoms with E-state index in [1.807, 2.05) is 18.2 Å². The Bertz CT molecular complexity index is 470. The van der Waals surface area contributed by atoms with Gasteiger partial charge in [0, 0.05) is 18.2 Å². The SMILES string of the molecule is COc1ccc(CNc2ncn[nH]2)c(OC)c1. The molecule has 0 bridgehead atoms. The molecular weight excluding hydrogens is 220 g/mol. The zero-order valence-corrected chi connectivity index (χ0v) is 9.73. The van der Waals surface area contributed by atoms with Crippen LogP contribution in [0, 0.1) is 0 Å². The first-order valence-electron chi connectivity index (χ1n) is 5.13. The maximum Gasteiger partial charge on any atom is 0.218 e. The minimum Gasteiger partial charge on any atom is -0.497 e. The number of nitrogens with one attached hydrogen (secondary N) is 2. The molecule has 90 valence electrons. The van der Waals surface area contributed by atoms with E-state index in [2.05, 4.69) is 20.5 Å². The molecule has 0 radical (unpaired) electrons. The van der Waals surface area contributed by atoms with Crippen molar-refractivity contribution in [2.75, 3.05) is 19.5 Å². The second kappa shape index (κ2) is 5.20. The van der Waals surface area contributed by atoms with Crippen molar-refractivity contribution in [3.8, 4) is 11.5 Å². The number of aromatic amines is 1. The first kappa shape index (κ1) is 11.3. The number of H-pyrrole nitrogens is 1. The Morgan fingerprint density at radius 3 is 2.82 bits per heavy atom. The van der Waals surface area contributed by atoms with Crippen LogP contribution in [0.4, 0.5) is 5.95 Å². The molecule has 0 fully saturated rings. The quantitative estimate of drug-likeness (QED) is 0.818. The molecule has 2 aromatic rings.